The summed E-state index contributed by atoms with van der Waals surface area (Å²) in [6, 6.07) is 4.32. The minimum Gasteiger partial charge on any atom is -0.156 e. The summed E-state index contributed by atoms with van der Waals surface area (Å²) in [5, 5.41) is 0. The van der Waals surface area contributed by atoms with E-state index in [1.165, 1.54) is 14.4 Å². The molecule has 0 atom stereocenters. The summed E-state index contributed by atoms with van der Waals surface area (Å²) in [7, 11) is 0. The van der Waals surface area contributed by atoms with Gasteiger partial charge in [0.25, 0.3) is 0 Å². The van der Waals surface area contributed by atoms with Crippen LogP contribution in [-0.2, 0) is 5.75 Å². The summed E-state index contributed by atoms with van der Waals surface area (Å²) in [6.45, 7) is 4.52. The molecule has 0 spiro atoms. The van der Waals surface area contributed by atoms with E-state index in [1.54, 1.807) is 0 Å². The van der Waals surface area contributed by atoms with Crippen LogP contribution in [0.4, 0.5) is 0 Å². The van der Waals surface area contributed by atoms with Crippen LogP contribution in [0, 0.1) is 5.92 Å². The predicted octanol–water partition coefficient (Wildman–Crippen LogP) is 4.40. The standard InChI is InChI=1S/C9H13BrS2/c1-7(2)5-11-6-8-3-4-9(10)12-8/h3-4,7H,5-6H2,1-2H3. The molecule has 0 aliphatic carbocycles. The lowest BCUT2D eigenvalue weighted by molar-refractivity contribution is 0.750. The second kappa shape index (κ2) is 5.30. The van der Waals surface area contributed by atoms with Gasteiger partial charge in [-0.15, -0.1) is 11.3 Å². The Kier molecular flexibility index (Phi) is 4.69. The van der Waals surface area contributed by atoms with Gasteiger partial charge < -0.3 is 0 Å². The van der Waals surface area contributed by atoms with E-state index in [1.807, 2.05) is 23.1 Å². The maximum atomic E-state index is 3.46. The van der Waals surface area contributed by atoms with Gasteiger partial charge in [0.15, 0.2) is 0 Å². The van der Waals surface area contributed by atoms with Gasteiger partial charge in [0.1, 0.15) is 0 Å². The van der Waals surface area contributed by atoms with Crippen molar-refractivity contribution in [1.82, 2.24) is 0 Å². The van der Waals surface area contributed by atoms with Crippen molar-refractivity contribution in [2.45, 2.75) is 19.6 Å². The van der Waals surface area contributed by atoms with Crippen molar-refractivity contribution >= 4 is 39.0 Å². The third-order valence-electron chi connectivity index (χ3n) is 1.32. The highest BCUT2D eigenvalue weighted by Crippen LogP contribution is 2.26. The first-order valence-electron chi connectivity index (χ1n) is 4.00. The Balaban J connectivity index is 2.24. The molecule has 0 nitrogen and oxygen atoms in total. The zero-order valence-electron chi connectivity index (χ0n) is 7.34. The van der Waals surface area contributed by atoms with Crippen molar-refractivity contribution in [3.63, 3.8) is 0 Å². The van der Waals surface area contributed by atoms with Crippen LogP contribution in [0.1, 0.15) is 18.7 Å². The van der Waals surface area contributed by atoms with E-state index in [2.05, 4.69) is 41.9 Å². The second-order valence-corrected chi connectivity index (χ2v) is 6.69. The SMILES string of the molecule is CC(C)CSCc1ccc(Br)s1. The van der Waals surface area contributed by atoms with E-state index >= 15 is 0 Å². The fraction of sp³-hybridized carbons (Fsp3) is 0.556. The average Bonchev–Trinajstić information content (AvgIpc) is 2.35. The third-order valence-corrected chi connectivity index (χ3v) is 4.55. The maximum absolute atomic E-state index is 3.46. The molecule has 0 aromatic carbocycles. The topological polar surface area (TPSA) is 0 Å². The second-order valence-electron chi connectivity index (χ2n) is 3.11. The lowest BCUT2D eigenvalue weighted by Crippen LogP contribution is -1.90. The number of halogens is 1. The number of thiophene rings is 1. The number of hydrogen-bond donors (Lipinski definition) is 0. The number of thioether (sulfide) groups is 1. The molecule has 1 aromatic rings. The fourth-order valence-electron chi connectivity index (χ4n) is 0.825. The van der Waals surface area contributed by atoms with E-state index in [-0.39, 0.29) is 0 Å². The molecule has 12 heavy (non-hydrogen) atoms. The van der Waals surface area contributed by atoms with Crippen LogP contribution >= 0.6 is 39.0 Å². The van der Waals surface area contributed by atoms with Gasteiger partial charge in [0.2, 0.25) is 0 Å². The molecule has 0 unspecified atom stereocenters. The Morgan fingerprint density at radius 1 is 1.50 bits per heavy atom. The molecule has 0 bridgehead atoms. The van der Waals surface area contributed by atoms with Gasteiger partial charge >= 0.3 is 0 Å². The maximum Gasteiger partial charge on any atom is 0.0701 e. The van der Waals surface area contributed by atoms with Gasteiger partial charge in [-0.2, -0.15) is 11.8 Å². The van der Waals surface area contributed by atoms with E-state index < -0.39 is 0 Å². The summed E-state index contributed by atoms with van der Waals surface area (Å²) in [6.07, 6.45) is 0. The molecule has 0 saturated carbocycles. The number of rotatable bonds is 4. The summed E-state index contributed by atoms with van der Waals surface area (Å²) >= 11 is 7.31. The van der Waals surface area contributed by atoms with Crippen LogP contribution in [0.3, 0.4) is 0 Å². The quantitative estimate of drug-likeness (QED) is 0.777. The van der Waals surface area contributed by atoms with Crippen molar-refractivity contribution in [2.75, 3.05) is 5.75 Å². The molecule has 0 N–H and O–H groups in total. The van der Waals surface area contributed by atoms with Crippen LogP contribution < -0.4 is 0 Å². The van der Waals surface area contributed by atoms with Crippen LogP contribution in [-0.4, -0.2) is 5.75 Å². The monoisotopic (exact) mass is 264 g/mol. The van der Waals surface area contributed by atoms with Gasteiger partial charge in [-0.05, 0) is 39.7 Å². The molecule has 68 valence electrons. The highest BCUT2D eigenvalue weighted by Gasteiger charge is 1.98. The van der Waals surface area contributed by atoms with Crippen LogP contribution in [0.25, 0.3) is 0 Å². The fourth-order valence-corrected chi connectivity index (χ4v) is 3.48. The molecule has 0 fully saturated rings. The predicted molar refractivity (Wildman–Crippen MR) is 63.0 cm³/mol. The van der Waals surface area contributed by atoms with E-state index in [0.717, 1.165) is 11.7 Å². The molecule has 0 saturated heterocycles. The molecular formula is C9H13BrS2. The first kappa shape index (κ1) is 10.6. The first-order valence-corrected chi connectivity index (χ1v) is 6.77. The molecule has 0 aliphatic heterocycles. The molecule has 1 aromatic heterocycles. The smallest absolute Gasteiger partial charge is 0.0701 e. The molecule has 0 radical (unpaired) electrons. The zero-order valence-corrected chi connectivity index (χ0v) is 10.6. The van der Waals surface area contributed by atoms with Crippen LogP contribution in [0.15, 0.2) is 15.9 Å². The zero-order chi connectivity index (χ0) is 8.97. The van der Waals surface area contributed by atoms with Crippen molar-refractivity contribution in [2.24, 2.45) is 5.92 Å². The Bertz CT molecular complexity index is 230. The first-order chi connectivity index (χ1) is 5.68. The molecule has 1 heterocycles. The van der Waals surface area contributed by atoms with Crippen molar-refractivity contribution in [3.05, 3.63) is 20.8 Å². The highest BCUT2D eigenvalue weighted by atomic mass is 79.9. The summed E-state index contributed by atoms with van der Waals surface area (Å²) in [5.41, 5.74) is 0. The average molecular weight is 265 g/mol. The van der Waals surface area contributed by atoms with Crippen molar-refractivity contribution in [3.8, 4) is 0 Å². The largest absolute Gasteiger partial charge is 0.156 e. The van der Waals surface area contributed by atoms with Crippen LogP contribution in [0.2, 0.25) is 0 Å². The third kappa shape index (κ3) is 3.97. The van der Waals surface area contributed by atoms with E-state index in [9.17, 15) is 0 Å². The highest BCUT2D eigenvalue weighted by molar-refractivity contribution is 9.11. The summed E-state index contributed by atoms with van der Waals surface area (Å²) < 4.78 is 1.24. The van der Waals surface area contributed by atoms with Gasteiger partial charge in [-0.25, -0.2) is 0 Å². The Morgan fingerprint density at radius 3 is 2.75 bits per heavy atom. The van der Waals surface area contributed by atoms with Gasteiger partial charge in [-0.3, -0.25) is 0 Å². The molecule has 0 aliphatic rings. The lowest BCUT2D eigenvalue weighted by Gasteiger charge is -2.01. The van der Waals surface area contributed by atoms with Gasteiger partial charge in [0, 0.05) is 10.6 Å². The number of hydrogen-bond acceptors (Lipinski definition) is 2. The minimum absolute atomic E-state index is 0.804. The van der Waals surface area contributed by atoms with Gasteiger partial charge in [0.05, 0.1) is 3.79 Å². The van der Waals surface area contributed by atoms with Crippen LogP contribution in [0.5, 0.6) is 0 Å². The Hall–Kier alpha value is 0.530. The molecular weight excluding hydrogens is 252 g/mol. The minimum atomic E-state index is 0.804. The van der Waals surface area contributed by atoms with Crippen molar-refractivity contribution < 1.29 is 0 Å². The summed E-state index contributed by atoms with van der Waals surface area (Å²) in [5.74, 6) is 3.22. The lowest BCUT2D eigenvalue weighted by atomic mass is 10.3. The van der Waals surface area contributed by atoms with Gasteiger partial charge in [-0.1, -0.05) is 13.8 Å². The Morgan fingerprint density at radius 2 is 2.25 bits per heavy atom. The molecule has 0 amide bonds. The molecule has 1 rings (SSSR count). The van der Waals surface area contributed by atoms with E-state index in [0.29, 0.717) is 0 Å². The normalized spacial score (nSPS) is 11.0. The molecule has 3 heteroatoms. The van der Waals surface area contributed by atoms with E-state index in [4.69, 9.17) is 0 Å². The Labute approximate surface area is 90.9 Å². The summed E-state index contributed by atoms with van der Waals surface area (Å²) in [4.78, 5) is 1.47. The van der Waals surface area contributed by atoms with Crippen molar-refractivity contribution in [1.29, 1.82) is 0 Å².